The number of nitrogens with one attached hydrogen (secondary N) is 1. The predicted molar refractivity (Wildman–Crippen MR) is 58.6 cm³/mol. The van der Waals surface area contributed by atoms with Crippen LogP contribution in [0.15, 0.2) is 24.3 Å². The van der Waals surface area contributed by atoms with Crippen LogP contribution in [0.3, 0.4) is 0 Å². The molecule has 0 amide bonds. The van der Waals surface area contributed by atoms with Crippen LogP contribution in [0.4, 0.5) is 0 Å². The first-order chi connectivity index (χ1) is 7.39. The van der Waals surface area contributed by atoms with Gasteiger partial charge in [-0.1, -0.05) is 18.2 Å². The summed E-state index contributed by atoms with van der Waals surface area (Å²) in [5.74, 6) is 0. The number of aromatic nitrogens is 2. The zero-order chi connectivity index (χ0) is 9.88. The summed E-state index contributed by atoms with van der Waals surface area (Å²) in [7, 11) is 0. The molecule has 1 saturated carbocycles. The summed E-state index contributed by atoms with van der Waals surface area (Å²) in [6.45, 7) is 2.06. The quantitative estimate of drug-likeness (QED) is 0.699. The fraction of sp³-hybridized carbons (Fsp3) is 0.417. The third-order valence-corrected chi connectivity index (χ3v) is 3.64. The summed E-state index contributed by atoms with van der Waals surface area (Å²) in [5, 5.41) is 9.64. The molecule has 1 N–H and O–H groups in total. The highest BCUT2D eigenvalue weighted by Gasteiger charge is 2.49. The topological polar surface area (TPSA) is 29.9 Å². The van der Waals surface area contributed by atoms with Crippen LogP contribution >= 0.6 is 0 Å². The first-order valence-corrected chi connectivity index (χ1v) is 5.60. The third-order valence-electron chi connectivity index (χ3n) is 3.64. The summed E-state index contributed by atoms with van der Waals surface area (Å²) in [5.41, 5.74) is 2.83. The van der Waals surface area contributed by atoms with E-state index < -0.39 is 0 Å². The molecule has 1 aliphatic carbocycles. The Kier molecular flexibility index (Phi) is 1.27. The Balaban J connectivity index is 2.10. The highest BCUT2D eigenvalue weighted by Crippen LogP contribution is 2.48. The van der Waals surface area contributed by atoms with E-state index in [1.807, 2.05) is 0 Å². The molecule has 1 spiro atoms. The molecule has 1 aliphatic heterocycles. The average molecular weight is 199 g/mol. The molecule has 2 aromatic rings. The zero-order valence-electron chi connectivity index (χ0n) is 8.53. The molecule has 1 fully saturated rings. The second kappa shape index (κ2) is 2.42. The number of nitrogens with zero attached hydrogens (tertiary/aromatic N) is 2. The van der Waals surface area contributed by atoms with Gasteiger partial charge in [-0.25, -0.2) is 0 Å². The maximum Gasteiger partial charge on any atom is 0.0927 e. The molecule has 4 rings (SSSR count). The first-order valence-electron chi connectivity index (χ1n) is 5.60. The van der Waals surface area contributed by atoms with Gasteiger partial charge in [0.25, 0.3) is 0 Å². The lowest BCUT2D eigenvalue weighted by atomic mass is 10.1. The smallest absolute Gasteiger partial charge is 0.0927 e. The summed E-state index contributed by atoms with van der Waals surface area (Å²) in [4.78, 5) is 0. The average Bonchev–Trinajstić information content (AvgIpc) is 2.92. The van der Waals surface area contributed by atoms with Gasteiger partial charge >= 0.3 is 0 Å². The van der Waals surface area contributed by atoms with Gasteiger partial charge in [-0.15, -0.1) is 0 Å². The van der Waals surface area contributed by atoms with E-state index in [1.54, 1.807) is 0 Å². The van der Waals surface area contributed by atoms with Crippen LogP contribution < -0.4 is 5.32 Å². The number of hydrogen-bond acceptors (Lipinski definition) is 2. The van der Waals surface area contributed by atoms with Crippen LogP contribution in [0.1, 0.15) is 18.5 Å². The van der Waals surface area contributed by atoms with Crippen molar-refractivity contribution in [1.29, 1.82) is 0 Å². The van der Waals surface area contributed by atoms with E-state index in [-0.39, 0.29) is 5.54 Å². The maximum absolute atomic E-state index is 4.67. The van der Waals surface area contributed by atoms with Gasteiger partial charge in [0, 0.05) is 11.9 Å². The fourth-order valence-electron chi connectivity index (χ4n) is 2.77. The number of benzene rings is 1. The lowest BCUT2D eigenvalue weighted by Gasteiger charge is -2.25. The number of rotatable bonds is 0. The van der Waals surface area contributed by atoms with Gasteiger partial charge in [0.1, 0.15) is 0 Å². The van der Waals surface area contributed by atoms with E-state index >= 15 is 0 Å². The first kappa shape index (κ1) is 7.88. The minimum Gasteiger partial charge on any atom is -0.304 e. The molecule has 3 heteroatoms. The van der Waals surface area contributed by atoms with Crippen molar-refractivity contribution in [3.8, 4) is 0 Å². The van der Waals surface area contributed by atoms with E-state index in [0.29, 0.717) is 0 Å². The standard InChI is InChI=1S/C12H13N3/c1-2-4-10-9(3-1)11-12(5-6-12)13-7-8-15(11)14-10/h1-4,13H,5-8H2. The van der Waals surface area contributed by atoms with E-state index in [1.165, 1.54) is 23.9 Å². The largest absolute Gasteiger partial charge is 0.304 e. The van der Waals surface area contributed by atoms with Crippen molar-refractivity contribution in [2.24, 2.45) is 0 Å². The van der Waals surface area contributed by atoms with Gasteiger partial charge in [0.2, 0.25) is 0 Å². The van der Waals surface area contributed by atoms with Crippen molar-refractivity contribution < 1.29 is 0 Å². The highest BCUT2D eigenvalue weighted by molar-refractivity contribution is 5.83. The number of fused-ring (bicyclic) bond motifs is 4. The zero-order valence-corrected chi connectivity index (χ0v) is 8.53. The fourth-order valence-corrected chi connectivity index (χ4v) is 2.77. The Hall–Kier alpha value is -1.35. The second-order valence-corrected chi connectivity index (χ2v) is 4.60. The summed E-state index contributed by atoms with van der Waals surface area (Å²) < 4.78 is 2.20. The van der Waals surface area contributed by atoms with Crippen molar-refractivity contribution >= 4 is 10.9 Å². The van der Waals surface area contributed by atoms with Crippen molar-refractivity contribution in [3.05, 3.63) is 30.0 Å². The molecule has 0 radical (unpaired) electrons. The summed E-state index contributed by atoms with van der Waals surface area (Å²) >= 11 is 0. The van der Waals surface area contributed by atoms with E-state index in [2.05, 4.69) is 39.4 Å². The van der Waals surface area contributed by atoms with Crippen molar-refractivity contribution in [1.82, 2.24) is 15.1 Å². The van der Waals surface area contributed by atoms with E-state index in [0.717, 1.165) is 18.6 Å². The van der Waals surface area contributed by atoms with Crippen LogP contribution in [0.25, 0.3) is 10.9 Å². The molecule has 2 aliphatic rings. The lowest BCUT2D eigenvalue weighted by Crippen LogP contribution is -2.39. The van der Waals surface area contributed by atoms with Gasteiger partial charge in [-0.05, 0) is 18.9 Å². The molecule has 0 bridgehead atoms. The lowest BCUT2D eigenvalue weighted by molar-refractivity contribution is 0.388. The molecule has 1 aromatic heterocycles. The predicted octanol–water partition coefficient (Wildman–Crippen LogP) is 1.63. The van der Waals surface area contributed by atoms with Crippen LogP contribution in [-0.2, 0) is 12.1 Å². The van der Waals surface area contributed by atoms with Gasteiger partial charge in [0.15, 0.2) is 0 Å². The summed E-state index contributed by atoms with van der Waals surface area (Å²) in [6.07, 6.45) is 2.53. The highest BCUT2D eigenvalue weighted by atomic mass is 15.3. The Morgan fingerprint density at radius 1 is 1.27 bits per heavy atom. The van der Waals surface area contributed by atoms with Gasteiger partial charge in [0.05, 0.1) is 23.3 Å². The van der Waals surface area contributed by atoms with Gasteiger partial charge in [-0.3, -0.25) is 4.68 Å². The van der Waals surface area contributed by atoms with Crippen LogP contribution in [-0.4, -0.2) is 16.3 Å². The molecule has 3 nitrogen and oxygen atoms in total. The monoisotopic (exact) mass is 199 g/mol. The van der Waals surface area contributed by atoms with Crippen molar-refractivity contribution in [3.63, 3.8) is 0 Å². The molecule has 0 atom stereocenters. The molecular formula is C12H13N3. The maximum atomic E-state index is 4.67. The molecule has 15 heavy (non-hydrogen) atoms. The Morgan fingerprint density at radius 3 is 3.00 bits per heavy atom. The molecule has 2 heterocycles. The number of hydrogen-bond donors (Lipinski definition) is 1. The minimum atomic E-state index is 0.272. The normalized spacial score (nSPS) is 21.9. The summed E-state index contributed by atoms with van der Waals surface area (Å²) in [6, 6.07) is 8.47. The van der Waals surface area contributed by atoms with Crippen LogP contribution in [0.5, 0.6) is 0 Å². The van der Waals surface area contributed by atoms with Gasteiger partial charge in [-0.2, -0.15) is 5.10 Å². The van der Waals surface area contributed by atoms with Gasteiger partial charge < -0.3 is 5.32 Å². The SMILES string of the molecule is c1ccc2c3n(nc2c1)CCNC31CC1. The second-order valence-electron chi connectivity index (χ2n) is 4.60. The minimum absolute atomic E-state index is 0.272. The van der Waals surface area contributed by atoms with Crippen molar-refractivity contribution in [2.45, 2.75) is 24.9 Å². The molecule has 1 aromatic carbocycles. The van der Waals surface area contributed by atoms with E-state index in [4.69, 9.17) is 0 Å². The Bertz CT molecular complexity index is 537. The van der Waals surface area contributed by atoms with Crippen LogP contribution in [0.2, 0.25) is 0 Å². The third kappa shape index (κ3) is 0.913. The van der Waals surface area contributed by atoms with E-state index in [9.17, 15) is 0 Å². The Morgan fingerprint density at radius 2 is 2.13 bits per heavy atom. The molecule has 0 unspecified atom stereocenters. The molecule has 0 saturated heterocycles. The Labute approximate surface area is 88.1 Å². The van der Waals surface area contributed by atoms with Crippen LogP contribution in [0, 0.1) is 0 Å². The molecule has 76 valence electrons. The molecular weight excluding hydrogens is 186 g/mol. The van der Waals surface area contributed by atoms with Crippen molar-refractivity contribution in [2.75, 3.05) is 6.54 Å².